The highest BCUT2D eigenvalue weighted by molar-refractivity contribution is 7.89. The van der Waals surface area contributed by atoms with Gasteiger partial charge in [0.15, 0.2) is 0 Å². The maximum atomic E-state index is 13.0. The van der Waals surface area contributed by atoms with Crippen LogP contribution in [0.15, 0.2) is 64.5 Å². The van der Waals surface area contributed by atoms with Gasteiger partial charge >= 0.3 is 0 Å². The van der Waals surface area contributed by atoms with Crippen molar-refractivity contribution < 1.29 is 8.42 Å². The molecule has 0 bridgehead atoms. The van der Waals surface area contributed by atoms with E-state index in [9.17, 15) is 13.2 Å². The first kappa shape index (κ1) is 17.1. The molecule has 0 radical (unpaired) electrons. The van der Waals surface area contributed by atoms with Crippen LogP contribution in [0.1, 0.15) is 16.7 Å². The first-order valence-electron chi connectivity index (χ1n) is 9.03. The highest BCUT2D eigenvalue weighted by Crippen LogP contribution is 2.38. The highest BCUT2D eigenvalue weighted by Gasteiger charge is 2.26. The highest BCUT2D eigenvalue weighted by atomic mass is 32.2. The minimum absolute atomic E-state index is 0.150. The van der Waals surface area contributed by atoms with Crippen LogP contribution in [0.2, 0.25) is 0 Å². The molecule has 5 rings (SSSR count). The van der Waals surface area contributed by atoms with Crippen LogP contribution in [-0.4, -0.2) is 24.9 Å². The van der Waals surface area contributed by atoms with Gasteiger partial charge in [-0.05, 0) is 53.4 Å². The van der Waals surface area contributed by atoms with Gasteiger partial charge < -0.3 is 4.98 Å². The zero-order valence-corrected chi connectivity index (χ0v) is 15.7. The van der Waals surface area contributed by atoms with E-state index in [4.69, 9.17) is 0 Å². The summed E-state index contributed by atoms with van der Waals surface area (Å²) in [5.41, 5.74) is 3.28. The molecule has 6 nitrogen and oxygen atoms in total. The van der Waals surface area contributed by atoms with Gasteiger partial charge in [-0.3, -0.25) is 9.78 Å². The second kappa shape index (κ2) is 6.25. The summed E-state index contributed by atoms with van der Waals surface area (Å²) in [5, 5.41) is 2.30. The van der Waals surface area contributed by atoms with E-state index in [1.165, 1.54) is 0 Å². The van der Waals surface area contributed by atoms with Gasteiger partial charge in [-0.2, -0.15) is 0 Å². The second-order valence-electron chi connectivity index (χ2n) is 6.94. The number of hydrogen-bond acceptors (Lipinski definition) is 4. The summed E-state index contributed by atoms with van der Waals surface area (Å²) in [7, 11) is -3.67. The molecular formula is C21H17N3O3S. The quantitative estimate of drug-likeness (QED) is 0.450. The minimum Gasteiger partial charge on any atom is -0.321 e. The molecule has 140 valence electrons. The molecule has 1 aliphatic rings. The third kappa shape index (κ3) is 2.63. The van der Waals surface area contributed by atoms with Crippen molar-refractivity contribution in [1.29, 1.82) is 0 Å². The number of H-pyrrole nitrogens is 1. The number of hydrogen-bond donors (Lipinski definition) is 2. The molecule has 0 unspecified atom stereocenters. The lowest BCUT2D eigenvalue weighted by molar-refractivity contribution is 0.581. The number of sulfonamides is 1. The number of aromatic nitrogens is 2. The van der Waals surface area contributed by atoms with Crippen molar-refractivity contribution in [2.75, 3.05) is 6.54 Å². The van der Waals surface area contributed by atoms with Gasteiger partial charge in [0.2, 0.25) is 10.0 Å². The lowest BCUT2D eigenvalue weighted by Crippen LogP contribution is -2.27. The zero-order chi connectivity index (χ0) is 19.3. The molecule has 2 aromatic carbocycles. The number of aromatic amines is 1. The fourth-order valence-electron chi connectivity index (χ4n) is 4.01. The number of benzene rings is 2. The summed E-state index contributed by atoms with van der Waals surface area (Å²) in [6, 6.07) is 12.6. The Bertz CT molecular complexity index is 1390. The molecule has 0 aliphatic heterocycles. The van der Waals surface area contributed by atoms with Gasteiger partial charge in [-0.1, -0.05) is 12.1 Å². The summed E-state index contributed by atoms with van der Waals surface area (Å²) >= 11 is 0. The lowest BCUT2D eigenvalue weighted by Gasteiger charge is -2.11. The van der Waals surface area contributed by atoms with Gasteiger partial charge in [0.1, 0.15) is 0 Å². The number of pyridine rings is 2. The Balaban J connectivity index is 1.55. The minimum atomic E-state index is -3.67. The van der Waals surface area contributed by atoms with Crippen molar-refractivity contribution in [2.24, 2.45) is 0 Å². The van der Waals surface area contributed by atoms with Crippen LogP contribution >= 0.6 is 0 Å². The Kier molecular flexibility index (Phi) is 3.82. The van der Waals surface area contributed by atoms with Gasteiger partial charge in [0.25, 0.3) is 5.56 Å². The first-order valence-corrected chi connectivity index (χ1v) is 10.5. The van der Waals surface area contributed by atoms with E-state index < -0.39 is 10.0 Å². The molecule has 0 saturated heterocycles. The summed E-state index contributed by atoms with van der Waals surface area (Å²) in [5.74, 6) is 0. The third-order valence-corrected chi connectivity index (χ3v) is 6.82. The molecule has 2 aromatic heterocycles. The van der Waals surface area contributed by atoms with Crippen LogP contribution in [-0.2, 0) is 22.9 Å². The van der Waals surface area contributed by atoms with E-state index in [0.717, 1.165) is 27.5 Å². The molecule has 0 spiro atoms. The van der Waals surface area contributed by atoms with Crippen molar-refractivity contribution in [3.05, 3.63) is 81.9 Å². The van der Waals surface area contributed by atoms with E-state index in [2.05, 4.69) is 14.7 Å². The summed E-state index contributed by atoms with van der Waals surface area (Å²) in [6.07, 6.45) is 4.47. The maximum absolute atomic E-state index is 13.0. The van der Waals surface area contributed by atoms with Gasteiger partial charge in [0, 0.05) is 47.0 Å². The monoisotopic (exact) mass is 391 g/mol. The van der Waals surface area contributed by atoms with Crippen LogP contribution in [0.4, 0.5) is 0 Å². The van der Waals surface area contributed by atoms with E-state index in [0.29, 0.717) is 30.3 Å². The standard InChI is InChI=1S/C21H17N3O3S/c25-21-15-3-1-2-14-12-16-18(5-4-17(24-21)20(16)19(14)15)28(26,27)23-11-8-13-6-9-22-10-7-13/h1-7,9-10,23H,8,11-12H2,(H,24,25). The molecule has 0 amide bonds. The Hall–Kier alpha value is -3.03. The zero-order valence-electron chi connectivity index (χ0n) is 14.9. The Morgan fingerprint density at radius 1 is 1.04 bits per heavy atom. The van der Waals surface area contributed by atoms with Crippen molar-refractivity contribution in [3.63, 3.8) is 0 Å². The number of nitrogens with zero attached hydrogens (tertiary/aromatic N) is 1. The molecule has 2 N–H and O–H groups in total. The topological polar surface area (TPSA) is 91.9 Å². The van der Waals surface area contributed by atoms with E-state index in [1.807, 2.05) is 24.3 Å². The van der Waals surface area contributed by atoms with Gasteiger partial charge in [-0.25, -0.2) is 13.1 Å². The fourth-order valence-corrected chi connectivity index (χ4v) is 5.29. The number of nitrogens with one attached hydrogen (secondary N) is 2. The molecule has 0 fully saturated rings. The van der Waals surface area contributed by atoms with Gasteiger partial charge in [0.05, 0.1) is 4.90 Å². The lowest BCUT2D eigenvalue weighted by atomic mass is 10.1. The van der Waals surface area contributed by atoms with Crippen LogP contribution in [0, 0.1) is 0 Å². The Morgan fingerprint density at radius 2 is 1.86 bits per heavy atom. The molecular weight excluding hydrogens is 374 g/mol. The Morgan fingerprint density at radius 3 is 2.68 bits per heavy atom. The summed E-state index contributed by atoms with van der Waals surface area (Å²) < 4.78 is 28.7. The summed E-state index contributed by atoms with van der Waals surface area (Å²) in [6.45, 7) is 0.303. The third-order valence-electron chi connectivity index (χ3n) is 5.28. The largest absolute Gasteiger partial charge is 0.321 e. The van der Waals surface area contributed by atoms with Crippen LogP contribution in [0.3, 0.4) is 0 Å². The Labute approximate surface area is 161 Å². The predicted molar refractivity (Wildman–Crippen MR) is 108 cm³/mol. The van der Waals surface area contributed by atoms with Crippen LogP contribution < -0.4 is 10.3 Å². The first-order chi connectivity index (χ1) is 13.5. The van der Waals surface area contributed by atoms with Crippen molar-refractivity contribution >= 4 is 31.7 Å². The molecule has 0 atom stereocenters. The SMILES string of the molecule is O=c1[nH]c2ccc(S(=O)(=O)NCCc3ccncc3)c3c2c2c(cccc12)C3. The van der Waals surface area contributed by atoms with Crippen LogP contribution in [0.5, 0.6) is 0 Å². The van der Waals surface area contributed by atoms with Crippen molar-refractivity contribution in [2.45, 2.75) is 17.7 Å². The fraction of sp³-hybridized carbons (Fsp3) is 0.143. The molecule has 1 aliphatic carbocycles. The van der Waals surface area contributed by atoms with Gasteiger partial charge in [-0.15, -0.1) is 0 Å². The summed E-state index contributed by atoms with van der Waals surface area (Å²) in [4.78, 5) is 19.5. The van der Waals surface area contributed by atoms with Crippen molar-refractivity contribution in [3.8, 4) is 0 Å². The smallest absolute Gasteiger partial charge is 0.256 e. The normalized spacial score (nSPS) is 13.0. The second-order valence-corrected chi connectivity index (χ2v) is 8.67. The van der Waals surface area contributed by atoms with Crippen LogP contribution in [0.25, 0.3) is 21.7 Å². The average molecular weight is 391 g/mol. The molecule has 4 aromatic rings. The molecule has 2 heterocycles. The number of rotatable bonds is 5. The molecule has 7 heteroatoms. The van der Waals surface area contributed by atoms with E-state index >= 15 is 0 Å². The maximum Gasteiger partial charge on any atom is 0.256 e. The van der Waals surface area contributed by atoms with E-state index in [1.54, 1.807) is 30.6 Å². The predicted octanol–water partition coefficient (Wildman–Crippen LogP) is 2.50. The molecule has 28 heavy (non-hydrogen) atoms. The molecule has 0 saturated carbocycles. The average Bonchev–Trinajstić information content (AvgIpc) is 3.08. The van der Waals surface area contributed by atoms with E-state index in [-0.39, 0.29) is 10.5 Å². The van der Waals surface area contributed by atoms with Crippen molar-refractivity contribution in [1.82, 2.24) is 14.7 Å².